The van der Waals surface area contributed by atoms with E-state index in [1.54, 1.807) is 4.90 Å². The first-order valence-electron chi connectivity index (χ1n) is 8.19. The molecule has 0 aromatic carbocycles. The lowest BCUT2D eigenvalue weighted by Gasteiger charge is -2.26. The Bertz CT molecular complexity index is 1030. The van der Waals surface area contributed by atoms with Crippen LogP contribution in [-0.2, 0) is 10.9 Å². The summed E-state index contributed by atoms with van der Waals surface area (Å²) < 4.78 is 51.8. The van der Waals surface area contributed by atoms with Gasteiger partial charge in [-0.05, 0) is 12.5 Å². The first-order chi connectivity index (χ1) is 12.9. The fraction of sp³-hybridized carbons (Fsp3) is 0.375. The molecular formula is C16H12F3N5O3. The van der Waals surface area contributed by atoms with Gasteiger partial charge in [-0.2, -0.15) is 13.2 Å². The van der Waals surface area contributed by atoms with Gasteiger partial charge in [0.2, 0.25) is 5.82 Å². The monoisotopic (exact) mass is 379 g/mol. The molecule has 0 unspecified atom stereocenters. The summed E-state index contributed by atoms with van der Waals surface area (Å²) in [6.45, 7) is 0.816. The van der Waals surface area contributed by atoms with Crippen LogP contribution in [0.1, 0.15) is 22.6 Å². The van der Waals surface area contributed by atoms with E-state index in [1.807, 2.05) is 0 Å². The van der Waals surface area contributed by atoms with Crippen molar-refractivity contribution in [3.05, 3.63) is 36.2 Å². The average Bonchev–Trinajstić information content (AvgIpc) is 3.43. The van der Waals surface area contributed by atoms with Crippen LogP contribution in [0.3, 0.4) is 0 Å². The van der Waals surface area contributed by atoms with E-state index in [0.29, 0.717) is 13.2 Å². The number of likely N-dealkylation sites (tertiary alicyclic amines) is 1. The summed E-state index contributed by atoms with van der Waals surface area (Å²) >= 11 is 0. The van der Waals surface area contributed by atoms with Gasteiger partial charge in [-0.1, -0.05) is 0 Å². The number of hydrogen-bond acceptors (Lipinski definition) is 6. The van der Waals surface area contributed by atoms with Gasteiger partial charge in [-0.15, -0.1) is 10.2 Å². The van der Waals surface area contributed by atoms with E-state index in [4.69, 9.17) is 9.15 Å². The number of carbonyl (C=O) groups excluding carboxylic acids is 1. The third-order valence-electron chi connectivity index (χ3n) is 4.88. The minimum atomic E-state index is -4.62. The molecule has 3 aromatic heterocycles. The molecule has 2 saturated heterocycles. The van der Waals surface area contributed by atoms with Crippen molar-refractivity contribution in [2.45, 2.75) is 24.7 Å². The van der Waals surface area contributed by atoms with E-state index in [-0.39, 0.29) is 34.9 Å². The lowest BCUT2D eigenvalue weighted by Crippen LogP contribution is -2.42. The zero-order valence-electron chi connectivity index (χ0n) is 13.7. The van der Waals surface area contributed by atoms with Crippen LogP contribution in [0.15, 0.2) is 29.3 Å². The van der Waals surface area contributed by atoms with Crippen LogP contribution in [0.4, 0.5) is 13.2 Å². The molecule has 3 aromatic rings. The largest absolute Gasteiger partial charge is 0.443 e. The van der Waals surface area contributed by atoms with Crippen LogP contribution in [-0.4, -0.2) is 55.7 Å². The van der Waals surface area contributed by atoms with Gasteiger partial charge in [0.15, 0.2) is 17.8 Å². The van der Waals surface area contributed by atoms with Crippen LogP contribution in [0, 0.1) is 0 Å². The number of aromatic nitrogens is 4. The Balaban J connectivity index is 1.66. The predicted molar refractivity (Wildman–Crippen MR) is 82.7 cm³/mol. The number of morpholine rings is 1. The summed E-state index contributed by atoms with van der Waals surface area (Å²) in [6, 6.07) is 0.819. The number of pyridine rings is 1. The number of carbonyl (C=O) groups is 1. The van der Waals surface area contributed by atoms with Gasteiger partial charge < -0.3 is 14.1 Å². The van der Waals surface area contributed by atoms with Gasteiger partial charge in [-0.25, -0.2) is 4.98 Å². The molecule has 140 valence electrons. The molecule has 5 rings (SSSR count). The summed E-state index contributed by atoms with van der Waals surface area (Å²) in [5.74, 6) is -0.545. The summed E-state index contributed by atoms with van der Waals surface area (Å²) in [7, 11) is 0. The highest BCUT2D eigenvalue weighted by atomic mass is 19.4. The van der Waals surface area contributed by atoms with E-state index in [1.165, 1.54) is 6.20 Å². The Morgan fingerprint density at radius 3 is 2.78 bits per heavy atom. The highest BCUT2D eigenvalue weighted by Crippen LogP contribution is 2.35. The highest BCUT2D eigenvalue weighted by molar-refractivity contribution is 5.93. The third kappa shape index (κ3) is 2.49. The Labute approximate surface area is 149 Å². The van der Waals surface area contributed by atoms with Crippen LogP contribution >= 0.6 is 0 Å². The van der Waals surface area contributed by atoms with Crippen molar-refractivity contribution in [2.24, 2.45) is 0 Å². The summed E-state index contributed by atoms with van der Waals surface area (Å²) in [4.78, 5) is 18.2. The van der Waals surface area contributed by atoms with Crippen molar-refractivity contribution in [3.63, 3.8) is 0 Å². The minimum absolute atomic E-state index is 0.0337. The maximum atomic E-state index is 13.4. The van der Waals surface area contributed by atoms with E-state index < -0.39 is 17.6 Å². The number of fused-ring (bicyclic) bond motifs is 3. The Kier molecular flexibility index (Phi) is 3.32. The summed E-state index contributed by atoms with van der Waals surface area (Å²) in [5.41, 5.74) is -0.801. The van der Waals surface area contributed by atoms with E-state index in [0.717, 1.165) is 29.5 Å². The smallest absolute Gasteiger partial charge is 0.417 e. The number of hydrogen-bond donors (Lipinski definition) is 0. The van der Waals surface area contributed by atoms with Crippen molar-refractivity contribution in [1.82, 2.24) is 24.5 Å². The lowest BCUT2D eigenvalue weighted by atomic mass is 10.1. The standard InChI is InChI=1S/C16H12F3N5O3/c17-16(18,19)8-1-11(12-3-20-7-27-12)13-21-22-14(24(13)4-8)15(25)23-5-10-2-9(23)6-26-10/h1,3-4,7,9-10H,2,5-6H2/t9-,10-/m0/s1. The second-order valence-corrected chi connectivity index (χ2v) is 6.53. The molecule has 1 amide bonds. The van der Waals surface area contributed by atoms with Crippen LogP contribution in [0.2, 0.25) is 0 Å². The molecule has 5 heterocycles. The van der Waals surface area contributed by atoms with Gasteiger partial charge in [0.1, 0.15) is 0 Å². The number of oxazole rings is 1. The minimum Gasteiger partial charge on any atom is -0.443 e. The maximum Gasteiger partial charge on any atom is 0.417 e. The fourth-order valence-electron chi connectivity index (χ4n) is 3.60. The molecule has 2 atom stereocenters. The normalized spacial score (nSPS) is 22.1. The molecular weight excluding hydrogens is 367 g/mol. The lowest BCUT2D eigenvalue weighted by molar-refractivity contribution is -0.137. The summed E-state index contributed by atoms with van der Waals surface area (Å²) in [6.07, 6.45) is -0.715. The second kappa shape index (κ2) is 5.52. The quantitative estimate of drug-likeness (QED) is 0.677. The molecule has 11 heteroatoms. The van der Waals surface area contributed by atoms with Gasteiger partial charge >= 0.3 is 6.18 Å². The predicted octanol–water partition coefficient (Wildman–Crippen LogP) is 2.02. The molecule has 27 heavy (non-hydrogen) atoms. The number of halogens is 3. The molecule has 8 nitrogen and oxygen atoms in total. The Morgan fingerprint density at radius 1 is 1.30 bits per heavy atom. The SMILES string of the molecule is O=C(c1nnc2c(-c3cnco3)cc(C(F)(F)F)cn12)N1C[C@@H]2C[C@H]1CO2. The zero-order chi connectivity index (χ0) is 18.8. The number of ether oxygens (including phenoxy) is 1. The topological polar surface area (TPSA) is 85.8 Å². The van der Waals surface area contributed by atoms with Crippen molar-refractivity contribution in [3.8, 4) is 11.3 Å². The maximum absolute atomic E-state index is 13.4. The van der Waals surface area contributed by atoms with E-state index in [2.05, 4.69) is 15.2 Å². The molecule has 2 aliphatic rings. The van der Waals surface area contributed by atoms with Crippen molar-refractivity contribution in [1.29, 1.82) is 0 Å². The van der Waals surface area contributed by atoms with Crippen molar-refractivity contribution >= 4 is 11.6 Å². The van der Waals surface area contributed by atoms with Gasteiger partial charge in [0.05, 0.1) is 36.1 Å². The molecule has 2 fully saturated rings. The van der Waals surface area contributed by atoms with Crippen LogP contribution in [0.25, 0.3) is 17.0 Å². The number of nitrogens with zero attached hydrogens (tertiary/aromatic N) is 5. The van der Waals surface area contributed by atoms with Gasteiger partial charge in [0, 0.05) is 12.7 Å². The molecule has 0 spiro atoms. The van der Waals surface area contributed by atoms with Gasteiger partial charge in [0.25, 0.3) is 5.91 Å². The first-order valence-corrected chi connectivity index (χ1v) is 8.19. The first kappa shape index (κ1) is 16.2. The van der Waals surface area contributed by atoms with Crippen molar-refractivity contribution in [2.75, 3.05) is 13.2 Å². The molecule has 0 N–H and O–H groups in total. The zero-order valence-corrected chi connectivity index (χ0v) is 13.7. The van der Waals surface area contributed by atoms with Gasteiger partial charge in [-0.3, -0.25) is 9.20 Å². The molecule has 0 aliphatic carbocycles. The molecule has 2 bridgehead atoms. The third-order valence-corrected chi connectivity index (χ3v) is 4.88. The van der Waals surface area contributed by atoms with E-state index >= 15 is 0 Å². The Morgan fingerprint density at radius 2 is 2.15 bits per heavy atom. The van der Waals surface area contributed by atoms with Crippen LogP contribution < -0.4 is 0 Å². The number of rotatable bonds is 2. The molecule has 0 radical (unpaired) electrons. The number of alkyl halides is 3. The average molecular weight is 379 g/mol. The second-order valence-electron chi connectivity index (χ2n) is 6.53. The van der Waals surface area contributed by atoms with Crippen molar-refractivity contribution < 1.29 is 27.1 Å². The van der Waals surface area contributed by atoms with Crippen LogP contribution in [0.5, 0.6) is 0 Å². The molecule has 0 saturated carbocycles. The number of amides is 1. The summed E-state index contributed by atoms with van der Waals surface area (Å²) in [5, 5.41) is 7.80. The Hall–Kier alpha value is -2.95. The van der Waals surface area contributed by atoms with E-state index in [9.17, 15) is 18.0 Å². The fourth-order valence-corrected chi connectivity index (χ4v) is 3.60. The molecule has 2 aliphatic heterocycles. The highest BCUT2D eigenvalue weighted by Gasteiger charge is 2.43.